The molecule has 0 aromatic carbocycles. The van der Waals surface area contributed by atoms with E-state index in [9.17, 15) is 4.79 Å². The van der Waals surface area contributed by atoms with Crippen LogP contribution in [0.25, 0.3) is 0 Å². The van der Waals surface area contributed by atoms with Gasteiger partial charge >= 0.3 is 0 Å². The Kier molecular flexibility index (Phi) is 3.24. The number of nitrogens with zero attached hydrogens (tertiary/aromatic N) is 1. The lowest BCUT2D eigenvalue weighted by Crippen LogP contribution is -2.29. The van der Waals surface area contributed by atoms with Crippen molar-refractivity contribution < 1.29 is 9.53 Å². The molecule has 3 nitrogen and oxygen atoms in total. The first kappa shape index (κ1) is 12.2. The van der Waals surface area contributed by atoms with Crippen molar-refractivity contribution in [3.63, 3.8) is 0 Å². The molecule has 0 aliphatic carbocycles. The molecular formula is C12H21NO2. The molecule has 0 bridgehead atoms. The van der Waals surface area contributed by atoms with Crippen LogP contribution in [-0.2, 0) is 9.53 Å². The topological polar surface area (TPSA) is 32.8 Å². The third-order valence-corrected chi connectivity index (χ3v) is 3.34. The predicted molar refractivity (Wildman–Crippen MR) is 60.6 cm³/mol. The molecule has 3 heteroatoms. The average molecular weight is 211 g/mol. The molecule has 86 valence electrons. The lowest BCUT2D eigenvalue weighted by Gasteiger charge is -2.27. The maximum Gasteiger partial charge on any atom is 0.245 e. The van der Waals surface area contributed by atoms with Gasteiger partial charge in [0.25, 0.3) is 0 Å². The fraction of sp³-hybridized carbons (Fsp3) is 0.750. The molecule has 1 aliphatic heterocycles. The molecule has 1 fully saturated rings. The van der Waals surface area contributed by atoms with E-state index >= 15 is 0 Å². The number of hydrogen-bond acceptors (Lipinski definition) is 2. The SMILES string of the molecule is CN(C)C(=O)/C=C/CC(C)(C)C1(C)CO1. The number of allylic oxidation sites excluding steroid dienone is 1. The number of ether oxygens (including phenoxy) is 1. The van der Waals surface area contributed by atoms with Gasteiger partial charge in [-0.15, -0.1) is 0 Å². The molecule has 15 heavy (non-hydrogen) atoms. The highest BCUT2D eigenvalue weighted by Gasteiger charge is 2.51. The van der Waals surface area contributed by atoms with E-state index in [0.29, 0.717) is 0 Å². The molecule has 0 aromatic rings. The summed E-state index contributed by atoms with van der Waals surface area (Å²) >= 11 is 0. The maximum atomic E-state index is 11.3. The van der Waals surface area contributed by atoms with Crippen LogP contribution < -0.4 is 0 Å². The van der Waals surface area contributed by atoms with Gasteiger partial charge in [-0.3, -0.25) is 4.79 Å². The summed E-state index contributed by atoms with van der Waals surface area (Å²) < 4.78 is 5.44. The predicted octanol–water partition coefficient (Wildman–Crippen LogP) is 1.84. The molecule has 0 radical (unpaired) electrons. The zero-order valence-electron chi connectivity index (χ0n) is 10.3. The quantitative estimate of drug-likeness (QED) is 0.525. The minimum absolute atomic E-state index is 0.00148. The first-order chi connectivity index (χ1) is 6.78. The summed E-state index contributed by atoms with van der Waals surface area (Å²) in [5.41, 5.74) is 0.0919. The number of likely N-dealkylation sites (N-methyl/N-ethyl adjacent to an activating group) is 1. The highest BCUT2D eigenvalue weighted by molar-refractivity contribution is 5.87. The minimum atomic E-state index is -0.00148. The number of carbonyl (C=O) groups excluding carboxylic acids is 1. The summed E-state index contributed by atoms with van der Waals surface area (Å²) in [5, 5.41) is 0. The molecule has 0 spiro atoms. The lowest BCUT2D eigenvalue weighted by molar-refractivity contribution is -0.123. The van der Waals surface area contributed by atoms with E-state index in [0.717, 1.165) is 13.0 Å². The Morgan fingerprint density at radius 1 is 1.53 bits per heavy atom. The number of rotatable bonds is 4. The van der Waals surface area contributed by atoms with Crippen LogP contribution in [0.4, 0.5) is 0 Å². The van der Waals surface area contributed by atoms with Crippen LogP contribution in [0.1, 0.15) is 27.2 Å². The van der Waals surface area contributed by atoms with Gasteiger partial charge in [0.2, 0.25) is 5.91 Å². The van der Waals surface area contributed by atoms with Gasteiger partial charge in [0.1, 0.15) is 0 Å². The van der Waals surface area contributed by atoms with Crippen LogP contribution >= 0.6 is 0 Å². The van der Waals surface area contributed by atoms with Gasteiger partial charge < -0.3 is 9.64 Å². The molecule has 1 aliphatic rings. The number of carbonyl (C=O) groups is 1. The highest BCUT2D eigenvalue weighted by Crippen LogP contribution is 2.46. The van der Waals surface area contributed by atoms with Gasteiger partial charge in [0, 0.05) is 14.1 Å². The molecule has 1 rings (SSSR count). The Balaban J connectivity index is 2.46. The number of hydrogen-bond donors (Lipinski definition) is 0. The summed E-state index contributed by atoms with van der Waals surface area (Å²) in [4.78, 5) is 12.9. The van der Waals surface area contributed by atoms with E-state index in [4.69, 9.17) is 4.74 Å². The molecule has 0 aromatic heterocycles. The average Bonchev–Trinajstić information content (AvgIpc) is 2.84. The molecule has 1 amide bonds. The van der Waals surface area contributed by atoms with E-state index in [-0.39, 0.29) is 16.9 Å². The van der Waals surface area contributed by atoms with E-state index in [1.807, 2.05) is 6.08 Å². The van der Waals surface area contributed by atoms with E-state index in [1.54, 1.807) is 25.1 Å². The van der Waals surface area contributed by atoms with Gasteiger partial charge in [0.05, 0.1) is 12.2 Å². The van der Waals surface area contributed by atoms with Crippen molar-refractivity contribution in [2.75, 3.05) is 20.7 Å². The zero-order valence-corrected chi connectivity index (χ0v) is 10.3. The zero-order chi connectivity index (χ0) is 11.7. The highest BCUT2D eigenvalue weighted by atomic mass is 16.6. The summed E-state index contributed by atoms with van der Waals surface area (Å²) in [6.45, 7) is 7.29. The lowest BCUT2D eigenvalue weighted by atomic mass is 9.77. The van der Waals surface area contributed by atoms with Gasteiger partial charge in [0.15, 0.2) is 0 Å². The second-order valence-corrected chi connectivity index (χ2v) is 5.24. The van der Waals surface area contributed by atoms with E-state index in [1.165, 1.54) is 0 Å². The van der Waals surface area contributed by atoms with Gasteiger partial charge in [-0.2, -0.15) is 0 Å². The van der Waals surface area contributed by atoms with Crippen LogP contribution in [0.3, 0.4) is 0 Å². The van der Waals surface area contributed by atoms with Crippen molar-refractivity contribution in [1.29, 1.82) is 0 Å². The first-order valence-corrected chi connectivity index (χ1v) is 5.30. The Morgan fingerprint density at radius 2 is 2.07 bits per heavy atom. The van der Waals surface area contributed by atoms with Crippen LogP contribution in [0.15, 0.2) is 12.2 Å². The van der Waals surface area contributed by atoms with Crippen LogP contribution in [0, 0.1) is 5.41 Å². The first-order valence-electron chi connectivity index (χ1n) is 5.30. The molecule has 1 saturated heterocycles. The van der Waals surface area contributed by atoms with Crippen LogP contribution in [0.2, 0.25) is 0 Å². The summed E-state index contributed by atoms with van der Waals surface area (Å²) in [5.74, 6) is 0.0349. The largest absolute Gasteiger partial charge is 0.369 e. The third kappa shape index (κ3) is 2.81. The molecule has 0 N–H and O–H groups in total. The Hall–Kier alpha value is -0.830. The normalized spacial score (nSPS) is 25.7. The monoisotopic (exact) mass is 211 g/mol. The summed E-state index contributed by atoms with van der Waals surface area (Å²) in [6, 6.07) is 0. The summed E-state index contributed by atoms with van der Waals surface area (Å²) in [7, 11) is 3.51. The second kappa shape index (κ2) is 3.97. The molecule has 0 saturated carbocycles. The Bertz CT molecular complexity index is 275. The molecular weight excluding hydrogens is 190 g/mol. The molecule has 1 unspecified atom stereocenters. The molecule has 1 atom stereocenters. The standard InChI is InChI=1S/C12H21NO2/c1-11(2,12(3)9-15-12)8-6-7-10(14)13(4)5/h6-7H,8-9H2,1-5H3/b7-6+. The number of amides is 1. The Labute approximate surface area is 92.1 Å². The fourth-order valence-electron chi connectivity index (χ4n) is 1.32. The molecule has 1 heterocycles. The Morgan fingerprint density at radius 3 is 2.47 bits per heavy atom. The van der Waals surface area contributed by atoms with Crippen LogP contribution in [-0.4, -0.2) is 37.1 Å². The smallest absolute Gasteiger partial charge is 0.245 e. The van der Waals surface area contributed by atoms with Crippen LogP contribution in [0.5, 0.6) is 0 Å². The maximum absolute atomic E-state index is 11.3. The van der Waals surface area contributed by atoms with Crippen molar-refractivity contribution in [2.45, 2.75) is 32.8 Å². The third-order valence-electron chi connectivity index (χ3n) is 3.34. The van der Waals surface area contributed by atoms with Gasteiger partial charge in [-0.25, -0.2) is 0 Å². The van der Waals surface area contributed by atoms with Gasteiger partial charge in [-0.05, 0) is 24.8 Å². The van der Waals surface area contributed by atoms with Crippen molar-refractivity contribution in [1.82, 2.24) is 4.90 Å². The second-order valence-electron chi connectivity index (χ2n) is 5.24. The van der Waals surface area contributed by atoms with Crippen molar-refractivity contribution in [2.24, 2.45) is 5.41 Å². The minimum Gasteiger partial charge on any atom is -0.369 e. The summed E-state index contributed by atoms with van der Waals surface area (Å²) in [6.07, 6.45) is 4.44. The van der Waals surface area contributed by atoms with Crippen molar-refractivity contribution >= 4 is 5.91 Å². The number of epoxide rings is 1. The fourth-order valence-corrected chi connectivity index (χ4v) is 1.32. The van der Waals surface area contributed by atoms with Gasteiger partial charge in [-0.1, -0.05) is 19.9 Å². The van der Waals surface area contributed by atoms with Crippen molar-refractivity contribution in [3.05, 3.63) is 12.2 Å². The van der Waals surface area contributed by atoms with Crippen molar-refractivity contribution in [3.8, 4) is 0 Å². The van der Waals surface area contributed by atoms with E-state index < -0.39 is 0 Å². The van der Waals surface area contributed by atoms with E-state index in [2.05, 4.69) is 20.8 Å².